The SMILES string of the molecule is CC(=O)OCC1O[C@H](Oc2ccc(N3CCc4cc([N+](=O)[O-])ccc43)cc2)[C@H](OC(C)=O)C(OC(C)=O)[C@@H]1OC(C)=O. The van der Waals surface area contributed by atoms with Crippen LogP contribution in [0.5, 0.6) is 5.75 Å². The summed E-state index contributed by atoms with van der Waals surface area (Å²) in [6, 6.07) is 11.6. The van der Waals surface area contributed by atoms with E-state index in [1.807, 2.05) is 4.90 Å². The number of nitro benzene ring substituents is 1. The number of hydrogen-bond donors (Lipinski definition) is 0. The maximum Gasteiger partial charge on any atom is 0.303 e. The Morgan fingerprint density at radius 3 is 2.10 bits per heavy atom. The zero-order valence-corrected chi connectivity index (χ0v) is 23.3. The molecule has 0 N–H and O–H groups in total. The fraction of sp³-hybridized carbons (Fsp3) is 0.429. The number of hydrogen-bond acceptors (Lipinski definition) is 13. The van der Waals surface area contributed by atoms with E-state index in [1.165, 1.54) is 13.0 Å². The van der Waals surface area contributed by atoms with Crippen LogP contribution >= 0.6 is 0 Å². The van der Waals surface area contributed by atoms with E-state index in [1.54, 1.807) is 36.4 Å². The number of anilines is 2. The standard InChI is InChI=1S/C28H30N2O12/c1-15(31)37-14-24-25(38-16(2)32)26(39-17(3)33)27(40-18(4)34)28(42-24)41-22-8-5-20(6-9-22)29-12-11-19-13-21(30(35)36)7-10-23(19)29/h5-10,13,24-28H,11-12,14H2,1-4H3/t24?,25-,26?,27-,28+/m1/s1. The van der Waals surface area contributed by atoms with Crippen molar-refractivity contribution in [2.45, 2.75) is 64.8 Å². The lowest BCUT2D eigenvalue weighted by Gasteiger charge is -2.43. The summed E-state index contributed by atoms with van der Waals surface area (Å²) in [6.07, 6.45) is -5.85. The summed E-state index contributed by atoms with van der Waals surface area (Å²) in [5, 5.41) is 11.1. The predicted molar refractivity (Wildman–Crippen MR) is 143 cm³/mol. The molecule has 2 aliphatic heterocycles. The second-order valence-corrected chi connectivity index (χ2v) is 9.65. The van der Waals surface area contributed by atoms with Crippen molar-refractivity contribution in [1.82, 2.24) is 0 Å². The predicted octanol–water partition coefficient (Wildman–Crippen LogP) is 2.75. The van der Waals surface area contributed by atoms with Gasteiger partial charge in [-0.05, 0) is 42.3 Å². The number of fused-ring (bicyclic) bond motifs is 1. The second-order valence-electron chi connectivity index (χ2n) is 9.65. The van der Waals surface area contributed by atoms with Crippen molar-refractivity contribution in [3.8, 4) is 5.75 Å². The number of nitrogens with zero attached hydrogens (tertiary/aromatic N) is 2. The van der Waals surface area contributed by atoms with E-state index in [0.29, 0.717) is 18.7 Å². The molecule has 42 heavy (non-hydrogen) atoms. The molecule has 1 saturated heterocycles. The summed E-state index contributed by atoms with van der Waals surface area (Å²) in [6.45, 7) is 4.85. The van der Waals surface area contributed by atoms with E-state index in [2.05, 4.69) is 0 Å². The summed E-state index contributed by atoms with van der Waals surface area (Å²) >= 11 is 0. The van der Waals surface area contributed by atoms with Crippen LogP contribution in [-0.2, 0) is 49.3 Å². The Kier molecular flexibility index (Phi) is 9.25. The molecule has 4 rings (SSSR count). The zero-order valence-electron chi connectivity index (χ0n) is 23.3. The van der Waals surface area contributed by atoms with Gasteiger partial charge in [-0.2, -0.15) is 0 Å². The molecule has 14 heteroatoms. The molecule has 2 heterocycles. The first kappa shape index (κ1) is 30.2. The van der Waals surface area contributed by atoms with E-state index < -0.39 is 59.5 Å². The van der Waals surface area contributed by atoms with Gasteiger partial charge in [-0.1, -0.05) is 0 Å². The van der Waals surface area contributed by atoms with Crippen LogP contribution in [0.4, 0.5) is 17.1 Å². The second kappa shape index (κ2) is 12.9. The third-order valence-corrected chi connectivity index (χ3v) is 6.52. The third-order valence-electron chi connectivity index (χ3n) is 6.52. The average molecular weight is 587 g/mol. The molecule has 2 aliphatic rings. The molecule has 14 nitrogen and oxygen atoms in total. The molecule has 2 aromatic carbocycles. The largest absolute Gasteiger partial charge is 0.463 e. The highest BCUT2D eigenvalue weighted by Crippen LogP contribution is 2.37. The minimum Gasteiger partial charge on any atom is -0.463 e. The van der Waals surface area contributed by atoms with Gasteiger partial charge >= 0.3 is 23.9 Å². The first-order valence-corrected chi connectivity index (χ1v) is 13.0. The van der Waals surface area contributed by atoms with Gasteiger partial charge in [0, 0.05) is 57.7 Å². The summed E-state index contributed by atoms with van der Waals surface area (Å²) in [5.41, 5.74) is 2.55. The quantitative estimate of drug-likeness (QED) is 0.182. The Balaban J connectivity index is 1.59. The molecule has 2 aromatic rings. The number of ether oxygens (including phenoxy) is 6. The number of non-ortho nitro benzene ring substituents is 1. The highest BCUT2D eigenvalue weighted by molar-refractivity contribution is 5.72. The Hall–Kier alpha value is -4.72. The van der Waals surface area contributed by atoms with Gasteiger partial charge in [0.05, 0.1) is 4.92 Å². The Morgan fingerprint density at radius 2 is 1.50 bits per heavy atom. The molecular formula is C28H30N2O12. The molecule has 0 aliphatic carbocycles. The van der Waals surface area contributed by atoms with E-state index in [9.17, 15) is 29.3 Å². The van der Waals surface area contributed by atoms with E-state index >= 15 is 0 Å². The lowest BCUT2D eigenvalue weighted by atomic mass is 9.98. The molecule has 5 atom stereocenters. The van der Waals surface area contributed by atoms with Crippen LogP contribution in [0.2, 0.25) is 0 Å². The highest BCUT2D eigenvalue weighted by atomic mass is 16.7. The van der Waals surface area contributed by atoms with Crippen LogP contribution in [0, 0.1) is 10.1 Å². The molecule has 0 radical (unpaired) electrons. The maximum atomic E-state index is 12.0. The van der Waals surface area contributed by atoms with Crippen LogP contribution in [0.1, 0.15) is 33.3 Å². The van der Waals surface area contributed by atoms with Gasteiger partial charge in [0.1, 0.15) is 18.5 Å². The molecule has 0 aromatic heterocycles. The van der Waals surface area contributed by atoms with Crippen molar-refractivity contribution >= 4 is 40.9 Å². The molecule has 0 bridgehead atoms. The van der Waals surface area contributed by atoms with Crippen molar-refractivity contribution in [3.05, 3.63) is 58.1 Å². The van der Waals surface area contributed by atoms with Gasteiger partial charge in [-0.3, -0.25) is 29.3 Å². The van der Waals surface area contributed by atoms with Gasteiger partial charge in [0.25, 0.3) is 5.69 Å². The zero-order chi connectivity index (χ0) is 30.6. The van der Waals surface area contributed by atoms with Crippen LogP contribution in [-0.4, -0.2) is 72.7 Å². The molecule has 2 unspecified atom stereocenters. The average Bonchev–Trinajstić information content (AvgIpc) is 3.34. The van der Waals surface area contributed by atoms with Crippen LogP contribution in [0.25, 0.3) is 0 Å². The lowest BCUT2D eigenvalue weighted by Crippen LogP contribution is -2.63. The fourth-order valence-electron chi connectivity index (χ4n) is 4.89. The van der Waals surface area contributed by atoms with Crippen molar-refractivity contribution in [2.75, 3.05) is 18.1 Å². The molecule has 1 fully saturated rings. The van der Waals surface area contributed by atoms with Gasteiger partial charge in [-0.25, -0.2) is 0 Å². The van der Waals surface area contributed by atoms with Crippen molar-refractivity contribution in [1.29, 1.82) is 0 Å². The van der Waals surface area contributed by atoms with Gasteiger partial charge in [-0.15, -0.1) is 0 Å². The Labute approximate surface area is 240 Å². The van der Waals surface area contributed by atoms with E-state index in [4.69, 9.17) is 28.4 Å². The monoisotopic (exact) mass is 586 g/mol. The van der Waals surface area contributed by atoms with Crippen LogP contribution < -0.4 is 9.64 Å². The number of benzene rings is 2. The van der Waals surface area contributed by atoms with Gasteiger partial charge < -0.3 is 33.3 Å². The first-order valence-electron chi connectivity index (χ1n) is 13.0. The van der Waals surface area contributed by atoms with Crippen LogP contribution in [0.3, 0.4) is 0 Å². The number of nitro groups is 1. The number of rotatable bonds is 9. The Bertz CT molecular complexity index is 1360. The van der Waals surface area contributed by atoms with Crippen molar-refractivity contribution in [2.24, 2.45) is 0 Å². The molecule has 0 saturated carbocycles. The summed E-state index contributed by atoms with van der Waals surface area (Å²) in [7, 11) is 0. The highest BCUT2D eigenvalue weighted by Gasteiger charge is 2.53. The number of carbonyl (C=O) groups is 4. The smallest absolute Gasteiger partial charge is 0.303 e. The molecule has 224 valence electrons. The van der Waals surface area contributed by atoms with Gasteiger partial charge in [0.2, 0.25) is 12.4 Å². The number of carbonyl (C=O) groups excluding carboxylic acids is 4. The van der Waals surface area contributed by atoms with Crippen molar-refractivity contribution in [3.63, 3.8) is 0 Å². The Morgan fingerprint density at radius 1 is 0.881 bits per heavy atom. The third kappa shape index (κ3) is 7.13. The normalized spacial score (nSPS) is 22.9. The summed E-state index contributed by atoms with van der Waals surface area (Å²) in [5.74, 6) is -2.55. The molecule has 0 spiro atoms. The van der Waals surface area contributed by atoms with E-state index in [-0.39, 0.29) is 12.3 Å². The summed E-state index contributed by atoms with van der Waals surface area (Å²) in [4.78, 5) is 60.2. The van der Waals surface area contributed by atoms with E-state index in [0.717, 1.165) is 37.7 Å². The first-order chi connectivity index (χ1) is 19.9. The van der Waals surface area contributed by atoms with Crippen LogP contribution in [0.15, 0.2) is 42.5 Å². The van der Waals surface area contributed by atoms with Crippen molar-refractivity contribution < 1.29 is 52.5 Å². The lowest BCUT2D eigenvalue weighted by molar-refractivity contribution is -0.384. The minimum absolute atomic E-state index is 0.0316. The molecular weight excluding hydrogens is 556 g/mol. The minimum atomic E-state index is -1.36. The number of esters is 4. The summed E-state index contributed by atoms with van der Waals surface area (Å²) < 4.78 is 33.3. The fourth-order valence-corrected chi connectivity index (χ4v) is 4.89. The topological polar surface area (TPSA) is 170 Å². The van der Waals surface area contributed by atoms with Gasteiger partial charge in [0.15, 0.2) is 12.2 Å². The maximum absolute atomic E-state index is 12.0. The molecule has 0 amide bonds.